The van der Waals surface area contributed by atoms with Gasteiger partial charge in [0, 0.05) is 24.2 Å². The van der Waals surface area contributed by atoms with Crippen molar-refractivity contribution >= 4 is 10.9 Å². The summed E-state index contributed by atoms with van der Waals surface area (Å²) in [4.78, 5) is 6.89. The van der Waals surface area contributed by atoms with Gasteiger partial charge in [-0.3, -0.25) is 9.88 Å². The molecule has 3 heteroatoms. The summed E-state index contributed by atoms with van der Waals surface area (Å²) in [5.74, 6) is 1.51. The highest BCUT2D eigenvalue weighted by atomic mass is 16.3. The van der Waals surface area contributed by atoms with Crippen LogP contribution in [0.4, 0.5) is 0 Å². The first kappa shape index (κ1) is 14.2. The Bertz CT molecular complexity index is 657. The Labute approximate surface area is 132 Å². The van der Waals surface area contributed by atoms with E-state index in [0.717, 1.165) is 36.7 Å². The second-order valence-corrected chi connectivity index (χ2v) is 7.22. The summed E-state index contributed by atoms with van der Waals surface area (Å²) in [6, 6.07) is 11.4. The maximum absolute atomic E-state index is 9.78. The molecule has 1 aromatic heterocycles. The third-order valence-corrected chi connectivity index (χ3v) is 5.69. The van der Waals surface area contributed by atoms with Crippen LogP contribution in [0, 0.1) is 11.8 Å². The molecule has 4 atom stereocenters. The molecule has 1 N–H and O–H groups in total. The van der Waals surface area contributed by atoms with Crippen molar-refractivity contribution in [3.8, 4) is 0 Å². The predicted molar refractivity (Wildman–Crippen MR) is 88.5 cm³/mol. The van der Waals surface area contributed by atoms with Crippen LogP contribution in [-0.4, -0.2) is 34.2 Å². The lowest BCUT2D eigenvalue weighted by Gasteiger charge is -2.25. The molecular formula is C19H24N2O. The lowest BCUT2D eigenvalue weighted by Crippen LogP contribution is -2.29. The van der Waals surface area contributed by atoms with Gasteiger partial charge in [-0.05, 0) is 68.3 Å². The Morgan fingerprint density at radius 3 is 2.68 bits per heavy atom. The fourth-order valence-electron chi connectivity index (χ4n) is 4.55. The molecule has 4 rings (SSSR count). The van der Waals surface area contributed by atoms with Gasteiger partial charge in [0.05, 0.1) is 11.6 Å². The van der Waals surface area contributed by atoms with E-state index in [2.05, 4.69) is 41.2 Å². The molecule has 2 aliphatic carbocycles. The topological polar surface area (TPSA) is 36.4 Å². The molecule has 0 saturated heterocycles. The van der Waals surface area contributed by atoms with E-state index in [1.165, 1.54) is 23.8 Å². The second kappa shape index (κ2) is 5.64. The first-order valence-electron chi connectivity index (χ1n) is 8.41. The molecule has 116 valence electrons. The molecule has 3 nitrogen and oxygen atoms in total. The molecule has 2 unspecified atom stereocenters. The summed E-state index contributed by atoms with van der Waals surface area (Å²) in [5.41, 5.74) is 2.43. The Morgan fingerprint density at radius 1 is 1.14 bits per heavy atom. The van der Waals surface area contributed by atoms with Gasteiger partial charge in [0.15, 0.2) is 0 Å². The van der Waals surface area contributed by atoms with Crippen LogP contribution in [0.3, 0.4) is 0 Å². The van der Waals surface area contributed by atoms with Crippen LogP contribution in [0.15, 0.2) is 36.5 Å². The number of aliphatic hydroxyl groups is 1. The minimum Gasteiger partial charge on any atom is -0.393 e. The molecule has 0 radical (unpaired) electrons. The standard InChI is InChI=1S/C19H24N2O/c1-21(17-8-15-10-18(22)11-16(15)9-17)12-13-4-5-19-14(7-13)3-2-6-20-19/h2-7,15-18,22H,8-12H2,1H3/t15-,16+,17?,18?. The lowest BCUT2D eigenvalue weighted by molar-refractivity contribution is 0.158. The summed E-state index contributed by atoms with van der Waals surface area (Å²) in [6.45, 7) is 0.998. The van der Waals surface area contributed by atoms with Crippen LogP contribution in [0.5, 0.6) is 0 Å². The third kappa shape index (κ3) is 2.64. The smallest absolute Gasteiger partial charge is 0.0702 e. The van der Waals surface area contributed by atoms with Crippen molar-refractivity contribution in [2.75, 3.05) is 7.05 Å². The van der Waals surface area contributed by atoms with Crippen LogP contribution >= 0.6 is 0 Å². The molecule has 0 spiro atoms. The van der Waals surface area contributed by atoms with E-state index in [-0.39, 0.29) is 6.10 Å². The minimum absolute atomic E-state index is 0.0331. The highest BCUT2D eigenvalue weighted by Gasteiger charge is 2.42. The Balaban J connectivity index is 1.44. The van der Waals surface area contributed by atoms with Crippen molar-refractivity contribution < 1.29 is 5.11 Å². The Morgan fingerprint density at radius 2 is 1.91 bits per heavy atom. The summed E-state index contributed by atoms with van der Waals surface area (Å²) in [7, 11) is 2.25. The monoisotopic (exact) mass is 296 g/mol. The van der Waals surface area contributed by atoms with Crippen molar-refractivity contribution in [3.05, 3.63) is 42.1 Å². The van der Waals surface area contributed by atoms with Crippen molar-refractivity contribution in [1.29, 1.82) is 0 Å². The van der Waals surface area contributed by atoms with E-state index in [1.807, 2.05) is 12.3 Å². The molecule has 2 aliphatic rings. The van der Waals surface area contributed by atoms with E-state index in [0.29, 0.717) is 6.04 Å². The molecule has 2 aromatic rings. The fraction of sp³-hybridized carbons (Fsp3) is 0.526. The van der Waals surface area contributed by atoms with Crippen LogP contribution in [0.25, 0.3) is 10.9 Å². The SMILES string of the molecule is CN(Cc1ccc2ncccc2c1)C1C[C@H]2CC(O)C[C@H]2C1. The maximum atomic E-state index is 9.78. The number of aromatic nitrogens is 1. The maximum Gasteiger partial charge on any atom is 0.0702 e. The van der Waals surface area contributed by atoms with Gasteiger partial charge < -0.3 is 5.11 Å². The highest BCUT2D eigenvalue weighted by Crippen LogP contribution is 2.45. The highest BCUT2D eigenvalue weighted by molar-refractivity contribution is 5.78. The normalized spacial score (nSPS) is 31.0. The number of rotatable bonds is 3. The predicted octanol–water partition coefficient (Wildman–Crippen LogP) is 3.22. The summed E-state index contributed by atoms with van der Waals surface area (Å²) < 4.78 is 0. The van der Waals surface area contributed by atoms with Crippen LogP contribution in [0.1, 0.15) is 31.2 Å². The molecule has 0 aliphatic heterocycles. The lowest BCUT2D eigenvalue weighted by atomic mass is 10.0. The van der Waals surface area contributed by atoms with Gasteiger partial charge in [-0.1, -0.05) is 12.1 Å². The van der Waals surface area contributed by atoms with Crippen molar-refractivity contribution in [1.82, 2.24) is 9.88 Å². The first-order chi connectivity index (χ1) is 10.7. The number of fused-ring (bicyclic) bond motifs is 2. The third-order valence-electron chi connectivity index (χ3n) is 5.69. The molecular weight excluding hydrogens is 272 g/mol. The van der Waals surface area contributed by atoms with Crippen molar-refractivity contribution in [2.45, 2.75) is 44.4 Å². The van der Waals surface area contributed by atoms with E-state index >= 15 is 0 Å². The molecule has 22 heavy (non-hydrogen) atoms. The number of hydrogen-bond acceptors (Lipinski definition) is 3. The number of nitrogens with zero attached hydrogens (tertiary/aromatic N) is 2. The summed E-state index contributed by atoms with van der Waals surface area (Å²) >= 11 is 0. The van der Waals surface area contributed by atoms with Gasteiger partial charge in [0.2, 0.25) is 0 Å². The van der Waals surface area contributed by atoms with Crippen LogP contribution < -0.4 is 0 Å². The number of aliphatic hydroxyl groups excluding tert-OH is 1. The van der Waals surface area contributed by atoms with E-state index < -0.39 is 0 Å². The largest absolute Gasteiger partial charge is 0.393 e. The van der Waals surface area contributed by atoms with E-state index in [4.69, 9.17) is 0 Å². The van der Waals surface area contributed by atoms with Gasteiger partial charge in [0.1, 0.15) is 0 Å². The summed E-state index contributed by atoms with van der Waals surface area (Å²) in [6.07, 6.45) is 6.38. The average molecular weight is 296 g/mol. The molecule has 0 bridgehead atoms. The Kier molecular flexibility index (Phi) is 3.63. The quantitative estimate of drug-likeness (QED) is 0.945. The van der Waals surface area contributed by atoms with E-state index in [1.54, 1.807) is 0 Å². The number of hydrogen-bond donors (Lipinski definition) is 1. The number of benzene rings is 1. The molecule has 2 saturated carbocycles. The van der Waals surface area contributed by atoms with Gasteiger partial charge in [-0.2, -0.15) is 0 Å². The molecule has 1 aromatic carbocycles. The minimum atomic E-state index is -0.0331. The van der Waals surface area contributed by atoms with Gasteiger partial charge in [0.25, 0.3) is 0 Å². The van der Waals surface area contributed by atoms with Crippen molar-refractivity contribution in [2.24, 2.45) is 11.8 Å². The van der Waals surface area contributed by atoms with Crippen molar-refractivity contribution in [3.63, 3.8) is 0 Å². The summed E-state index contributed by atoms with van der Waals surface area (Å²) in [5, 5.41) is 11.0. The number of pyridine rings is 1. The van der Waals surface area contributed by atoms with E-state index in [9.17, 15) is 5.11 Å². The van der Waals surface area contributed by atoms with Crippen LogP contribution in [0.2, 0.25) is 0 Å². The zero-order valence-electron chi connectivity index (χ0n) is 13.2. The fourth-order valence-corrected chi connectivity index (χ4v) is 4.55. The Hall–Kier alpha value is -1.45. The van der Waals surface area contributed by atoms with Gasteiger partial charge >= 0.3 is 0 Å². The molecule has 2 fully saturated rings. The average Bonchev–Trinajstić information content (AvgIpc) is 3.04. The zero-order valence-corrected chi connectivity index (χ0v) is 13.2. The molecule has 0 amide bonds. The second-order valence-electron chi connectivity index (χ2n) is 7.22. The zero-order chi connectivity index (χ0) is 15.1. The van der Waals surface area contributed by atoms with Gasteiger partial charge in [-0.15, -0.1) is 0 Å². The van der Waals surface area contributed by atoms with Gasteiger partial charge in [-0.25, -0.2) is 0 Å². The first-order valence-corrected chi connectivity index (χ1v) is 8.41. The molecule has 1 heterocycles. The van der Waals surface area contributed by atoms with Crippen LogP contribution in [-0.2, 0) is 6.54 Å².